The van der Waals surface area contributed by atoms with Crippen LogP contribution in [0.1, 0.15) is 55.8 Å². The minimum absolute atomic E-state index is 0.0647. The molecular weight excluding hydrogens is 280 g/mol. The third-order valence-corrected chi connectivity index (χ3v) is 4.44. The fourth-order valence-electron chi connectivity index (χ4n) is 3.20. The molecule has 0 atom stereocenters. The van der Waals surface area contributed by atoms with Gasteiger partial charge in [-0.05, 0) is 38.0 Å². The van der Waals surface area contributed by atoms with E-state index in [1.165, 1.54) is 30.3 Å². The van der Waals surface area contributed by atoms with Crippen LogP contribution in [-0.2, 0) is 6.54 Å². The first-order valence-electron chi connectivity index (χ1n) is 8.13. The van der Waals surface area contributed by atoms with E-state index in [9.17, 15) is 9.59 Å². The van der Waals surface area contributed by atoms with E-state index in [1.54, 1.807) is 18.2 Å². The highest BCUT2D eigenvalue weighted by atomic mass is 16.4. The summed E-state index contributed by atoms with van der Waals surface area (Å²) >= 11 is 0. The van der Waals surface area contributed by atoms with Gasteiger partial charge < -0.3 is 9.73 Å². The minimum Gasteiger partial charge on any atom is -0.408 e. The van der Waals surface area contributed by atoms with Crippen LogP contribution in [0.5, 0.6) is 0 Å². The lowest BCUT2D eigenvalue weighted by Crippen LogP contribution is -2.34. The number of hydrogen-bond donors (Lipinski definition) is 1. The Bertz CT molecular complexity index is 721. The maximum absolute atomic E-state index is 12.4. The molecule has 1 aliphatic carbocycles. The Kier molecular flexibility index (Phi) is 4.32. The monoisotopic (exact) mass is 302 g/mol. The Balaban J connectivity index is 1.82. The molecule has 2 aromatic rings. The second-order valence-corrected chi connectivity index (χ2v) is 5.96. The van der Waals surface area contributed by atoms with Gasteiger partial charge in [-0.1, -0.05) is 25.7 Å². The van der Waals surface area contributed by atoms with Gasteiger partial charge in [0.1, 0.15) is 0 Å². The molecule has 1 aromatic carbocycles. The van der Waals surface area contributed by atoms with Crippen molar-refractivity contribution >= 4 is 17.0 Å². The van der Waals surface area contributed by atoms with Gasteiger partial charge in [0, 0.05) is 18.2 Å². The van der Waals surface area contributed by atoms with E-state index in [-0.39, 0.29) is 17.7 Å². The van der Waals surface area contributed by atoms with Crippen LogP contribution >= 0.6 is 0 Å². The standard InChI is InChI=1S/C17H22N2O3/c1-2-19-14-11-12(9-10-15(14)22-17(19)21)16(20)18-13-7-5-3-4-6-8-13/h9-11,13H,2-8H2,1H3,(H,18,20). The van der Waals surface area contributed by atoms with Gasteiger partial charge in [-0.25, -0.2) is 4.79 Å². The van der Waals surface area contributed by atoms with Gasteiger partial charge in [0.15, 0.2) is 5.58 Å². The fourth-order valence-corrected chi connectivity index (χ4v) is 3.20. The first-order valence-corrected chi connectivity index (χ1v) is 8.13. The molecule has 1 N–H and O–H groups in total. The first kappa shape index (κ1) is 14.9. The van der Waals surface area contributed by atoms with Crippen LogP contribution in [0.25, 0.3) is 11.1 Å². The van der Waals surface area contributed by atoms with E-state index >= 15 is 0 Å². The summed E-state index contributed by atoms with van der Waals surface area (Å²) < 4.78 is 6.71. The van der Waals surface area contributed by atoms with Crippen molar-refractivity contribution in [3.63, 3.8) is 0 Å². The minimum atomic E-state index is -0.376. The second kappa shape index (κ2) is 6.38. The smallest absolute Gasteiger partial charge is 0.408 e. The molecule has 1 aromatic heterocycles. The second-order valence-electron chi connectivity index (χ2n) is 5.96. The summed E-state index contributed by atoms with van der Waals surface area (Å²) in [4.78, 5) is 24.1. The number of rotatable bonds is 3. The highest BCUT2D eigenvalue weighted by molar-refractivity contribution is 5.97. The van der Waals surface area contributed by atoms with Crippen LogP contribution in [0.3, 0.4) is 0 Å². The SMILES string of the molecule is CCn1c(=O)oc2ccc(C(=O)NC3CCCCCC3)cc21. The molecule has 0 unspecified atom stereocenters. The molecule has 1 aliphatic rings. The van der Waals surface area contributed by atoms with Crippen molar-refractivity contribution < 1.29 is 9.21 Å². The molecule has 1 heterocycles. The zero-order chi connectivity index (χ0) is 15.5. The van der Waals surface area contributed by atoms with Crippen molar-refractivity contribution in [1.29, 1.82) is 0 Å². The zero-order valence-corrected chi connectivity index (χ0v) is 12.9. The predicted molar refractivity (Wildman–Crippen MR) is 85.1 cm³/mol. The highest BCUT2D eigenvalue weighted by Crippen LogP contribution is 2.19. The molecule has 1 amide bonds. The number of benzene rings is 1. The number of oxazole rings is 1. The molecule has 1 fully saturated rings. The van der Waals surface area contributed by atoms with Crippen molar-refractivity contribution in [3.05, 3.63) is 34.3 Å². The Morgan fingerprint density at radius 1 is 1.27 bits per heavy atom. The number of amides is 1. The van der Waals surface area contributed by atoms with Gasteiger partial charge in [0.25, 0.3) is 5.91 Å². The Morgan fingerprint density at radius 3 is 2.68 bits per heavy atom. The van der Waals surface area contributed by atoms with Crippen LogP contribution in [-0.4, -0.2) is 16.5 Å². The summed E-state index contributed by atoms with van der Waals surface area (Å²) in [7, 11) is 0. The van der Waals surface area contributed by atoms with Gasteiger partial charge in [-0.2, -0.15) is 0 Å². The number of aryl methyl sites for hydroxylation is 1. The van der Waals surface area contributed by atoms with E-state index in [1.807, 2.05) is 6.92 Å². The molecule has 1 saturated carbocycles. The molecule has 0 spiro atoms. The van der Waals surface area contributed by atoms with E-state index < -0.39 is 0 Å². The quantitative estimate of drug-likeness (QED) is 0.886. The van der Waals surface area contributed by atoms with Gasteiger partial charge in [0.2, 0.25) is 0 Å². The topological polar surface area (TPSA) is 64.2 Å². The number of aromatic nitrogens is 1. The number of nitrogens with zero attached hydrogens (tertiary/aromatic N) is 1. The molecule has 22 heavy (non-hydrogen) atoms. The number of hydrogen-bond acceptors (Lipinski definition) is 3. The van der Waals surface area contributed by atoms with Crippen LogP contribution in [0, 0.1) is 0 Å². The van der Waals surface area contributed by atoms with E-state index in [0.717, 1.165) is 12.8 Å². The van der Waals surface area contributed by atoms with Crippen LogP contribution in [0.15, 0.2) is 27.4 Å². The summed E-state index contributed by atoms with van der Waals surface area (Å²) in [5, 5.41) is 3.13. The third kappa shape index (κ3) is 2.93. The lowest BCUT2D eigenvalue weighted by atomic mass is 10.1. The van der Waals surface area contributed by atoms with Crippen LogP contribution < -0.4 is 11.1 Å². The van der Waals surface area contributed by atoms with Gasteiger partial charge in [0.05, 0.1) is 5.52 Å². The lowest BCUT2D eigenvalue weighted by Gasteiger charge is -2.16. The summed E-state index contributed by atoms with van der Waals surface area (Å²) in [6.07, 6.45) is 6.99. The van der Waals surface area contributed by atoms with E-state index in [4.69, 9.17) is 4.42 Å². The van der Waals surface area contributed by atoms with E-state index in [0.29, 0.717) is 23.2 Å². The van der Waals surface area contributed by atoms with Crippen molar-refractivity contribution in [3.8, 4) is 0 Å². The fraction of sp³-hybridized carbons (Fsp3) is 0.529. The van der Waals surface area contributed by atoms with Gasteiger partial charge in [-0.15, -0.1) is 0 Å². The van der Waals surface area contributed by atoms with Gasteiger partial charge in [-0.3, -0.25) is 9.36 Å². The van der Waals surface area contributed by atoms with Crippen molar-refractivity contribution in [2.24, 2.45) is 0 Å². The molecule has 0 bridgehead atoms. The maximum atomic E-state index is 12.4. The number of nitrogens with one attached hydrogen (secondary N) is 1. The number of fused-ring (bicyclic) bond motifs is 1. The maximum Gasteiger partial charge on any atom is 0.419 e. The third-order valence-electron chi connectivity index (χ3n) is 4.44. The Labute approximate surface area is 129 Å². The number of carbonyl (C=O) groups is 1. The molecule has 0 radical (unpaired) electrons. The largest absolute Gasteiger partial charge is 0.419 e. The molecule has 5 nitrogen and oxygen atoms in total. The average Bonchev–Trinajstić information content (AvgIpc) is 2.66. The molecule has 118 valence electrons. The predicted octanol–water partition coefficient (Wildman–Crippen LogP) is 3.07. The van der Waals surface area contributed by atoms with Crippen molar-refractivity contribution in [2.45, 2.75) is 58.0 Å². The van der Waals surface area contributed by atoms with Crippen molar-refractivity contribution in [1.82, 2.24) is 9.88 Å². The highest BCUT2D eigenvalue weighted by Gasteiger charge is 2.17. The molecule has 5 heteroatoms. The lowest BCUT2D eigenvalue weighted by molar-refractivity contribution is 0.0933. The Hall–Kier alpha value is -2.04. The molecule has 0 aliphatic heterocycles. The summed E-state index contributed by atoms with van der Waals surface area (Å²) in [6, 6.07) is 5.43. The van der Waals surface area contributed by atoms with Gasteiger partial charge >= 0.3 is 5.76 Å². The van der Waals surface area contributed by atoms with E-state index in [2.05, 4.69) is 5.32 Å². The summed E-state index contributed by atoms with van der Waals surface area (Å²) in [6.45, 7) is 2.41. The van der Waals surface area contributed by atoms with Crippen LogP contribution in [0.2, 0.25) is 0 Å². The molecular formula is C17H22N2O3. The normalized spacial score (nSPS) is 16.6. The zero-order valence-electron chi connectivity index (χ0n) is 12.9. The summed E-state index contributed by atoms with van der Waals surface area (Å²) in [5.74, 6) is -0.441. The van der Waals surface area contributed by atoms with Crippen LogP contribution in [0.4, 0.5) is 0 Å². The Morgan fingerprint density at radius 2 is 2.00 bits per heavy atom. The first-order chi connectivity index (χ1) is 10.7. The summed E-state index contributed by atoms with van der Waals surface area (Å²) in [5.41, 5.74) is 1.79. The molecule has 0 saturated heterocycles. The molecule has 3 rings (SSSR count). The number of carbonyl (C=O) groups excluding carboxylic acids is 1. The average molecular weight is 302 g/mol. The van der Waals surface area contributed by atoms with Crippen molar-refractivity contribution in [2.75, 3.05) is 0 Å².